The molecular formula is C16H21N5O5. The maximum Gasteiger partial charge on any atom is 0.404 e. The molecule has 26 heavy (non-hydrogen) atoms. The quantitative estimate of drug-likeness (QED) is 0.591. The molecule has 1 fully saturated rings. The molecule has 1 saturated heterocycles. The molecule has 3 rings (SSSR count). The van der Waals surface area contributed by atoms with E-state index in [1.807, 2.05) is 11.8 Å². The van der Waals surface area contributed by atoms with Gasteiger partial charge in [0.1, 0.15) is 5.69 Å². The number of carboxylic acid groups (broad SMARTS) is 1. The van der Waals surface area contributed by atoms with Gasteiger partial charge in [-0.1, -0.05) is 6.92 Å². The van der Waals surface area contributed by atoms with E-state index in [2.05, 4.69) is 10.4 Å². The van der Waals surface area contributed by atoms with E-state index >= 15 is 0 Å². The smallest absolute Gasteiger partial charge is 0.404 e. The standard InChI is InChI=1S/C16H21N5O5/c1-10-8-19(9-12(10)18-16(22)23)15-11-7-17-20(5-6-26-2)13(11)3-4-14(15)21(24)25/h3-4,7,10,12,18H,5-6,8-9H2,1-2H3,(H,22,23)/t10-,12+/m1/s1. The predicted octanol–water partition coefficient (Wildman–Crippen LogP) is 1.68. The molecule has 1 aromatic carbocycles. The maximum atomic E-state index is 11.6. The van der Waals surface area contributed by atoms with Crippen LogP contribution >= 0.6 is 0 Å². The van der Waals surface area contributed by atoms with Gasteiger partial charge in [-0.25, -0.2) is 4.79 Å². The number of hydrogen-bond donors (Lipinski definition) is 2. The van der Waals surface area contributed by atoms with Gasteiger partial charge in [0.2, 0.25) is 0 Å². The van der Waals surface area contributed by atoms with Gasteiger partial charge in [-0.05, 0) is 12.0 Å². The molecule has 0 aliphatic carbocycles. The topological polar surface area (TPSA) is 123 Å². The summed E-state index contributed by atoms with van der Waals surface area (Å²) in [6, 6.07) is 2.88. The Kier molecular flexibility index (Phi) is 4.94. The largest absolute Gasteiger partial charge is 0.465 e. The summed E-state index contributed by atoms with van der Waals surface area (Å²) in [5.74, 6) is 0.0319. The van der Waals surface area contributed by atoms with Crippen molar-refractivity contribution in [3.63, 3.8) is 0 Å². The van der Waals surface area contributed by atoms with Crippen LogP contribution in [0.25, 0.3) is 10.9 Å². The number of benzene rings is 1. The molecule has 1 aromatic heterocycles. The van der Waals surface area contributed by atoms with Crippen LogP contribution in [0.5, 0.6) is 0 Å². The number of amides is 1. The highest BCUT2D eigenvalue weighted by molar-refractivity contribution is 5.97. The Bertz CT molecular complexity index is 836. The molecule has 2 heterocycles. The van der Waals surface area contributed by atoms with E-state index in [0.717, 1.165) is 5.52 Å². The van der Waals surface area contributed by atoms with Gasteiger partial charge < -0.3 is 20.1 Å². The number of nitrogens with zero attached hydrogens (tertiary/aromatic N) is 4. The third-order valence-electron chi connectivity index (χ3n) is 4.72. The molecule has 1 aliphatic heterocycles. The third kappa shape index (κ3) is 3.27. The van der Waals surface area contributed by atoms with Crippen LogP contribution in [0, 0.1) is 16.0 Å². The van der Waals surface area contributed by atoms with Crippen molar-refractivity contribution in [1.82, 2.24) is 15.1 Å². The first kappa shape index (κ1) is 17.9. The van der Waals surface area contributed by atoms with Crippen molar-refractivity contribution in [1.29, 1.82) is 0 Å². The number of rotatable bonds is 6. The fourth-order valence-corrected chi connectivity index (χ4v) is 3.46. The van der Waals surface area contributed by atoms with Gasteiger partial charge in [0.05, 0.1) is 41.2 Å². The van der Waals surface area contributed by atoms with Gasteiger partial charge in [-0.3, -0.25) is 14.8 Å². The monoisotopic (exact) mass is 363 g/mol. The van der Waals surface area contributed by atoms with Crippen molar-refractivity contribution < 1.29 is 19.6 Å². The van der Waals surface area contributed by atoms with Crippen LogP contribution in [-0.2, 0) is 11.3 Å². The Morgan fingerprint density at radius 3 is 2.92 bits per heavy atom. The lowest BCUT2D eigenvalue weighted by Crippen LogP contribution is -2.38. The van der Waals surface area contributed by atoms with Crippen molar-refractivity contribution in [2.45, 2.75) is 19.5 Å². The highest BCUT2D eigenvalue weighted by atomic mass is 16.6. The number of aromatic nitrogens is 2. The van der Waals surface area contributed by atoms with Crippen LogP contribution < -0.4 is 10.2 Å². The first-order valence-electron chi connectivity index (χ1n) is 8.28. The Labute approximate surface area is 149 Å². The molecule has 10 nitrogen and oxygen atoms in total. The first-order chi connectivity index (χ1) is 12.4. The van der Waals surface area contributed by atoms with Crippen LogP contribution in [0.15, 0.2) is 18.3 Å². The van der Waals surface area contributed by atoms with Crippen LogP contribution in [0.1, 0.15) is 6.92 Å². The molecule has 0 saturated carbocycles. The van der Waals surface area contributed by atoms with E-state index in [9.17, 15) is 14.9 Å². The zero-order valence-electron chi connectivity index (χ0n) is 14.6. The zero-order chi connectivity index (χ0) is 18.8. The number of nitro benzene ring substituents is 1. The summed E-state index contributed by atoms with van der Waals surface area (Å²) in [5.41, 5.74) is 1.26. The van der Waals surface area contributed by atoms with Gasteiger partial charge >= 0.3 is 6.09 Å². The number of hydrogen-bond acceptors (Lipinski definition) is 6. The lowest BCUT2D eigenvalue weighted by atomic mass is 10.1. The summed E-state index contributed by atoms with van der Waals surface area (Å²) in [6.07, 6.45) is 0.527. The second-order valence-electron chi connectivity index (χ2n) is 6.42. The third-order valence-corrected chi connectivity index (χ3v) is 4.72. The van der Waals surface area contributed by atoms with Crippen LogP contribution in [-0.4, -0.2) is 58.8 Å². The molecule has 0 radical (unpaired) electrons. The molecule has 1 amide bonds. The average Bonchev–Trinajstić information content (AvgIpc) is 3.15. The van der Waals surface area contributed by atoms with Gasteiger partial charge in [-0.15, -0.1) is 0 Å². The van der Waals surface area contributed by atoms with Gasteiger partial charge in [0.15, 0.2) is 0 Å². The Morgan fingerprint density at radius 1 is 1.50 bits per heavy atom. The zero-order valence-corrected chi connectivity index (χ0v) is 14.6. The fourth-order valence-electron chi connectivity index (χ4n) is 3.46. The predicted molar refractivity (Wildman–Crippen MR) is 94.6 cm³/mol. The number of carbonyl (C=O) groups is 1. The summed E-state index contributed by atoms with van der Waals surface area (Å²) in [7, 11) is 1.60. The molecular weight excluding hydrogens is 342 g/mol. The van der Waals surface area contributed by atoms with Gasteiger partial charge in [0.25, 0.3) is 5.69 Å². The summed E-state index contributed by atoms with van der Waals surface area (Å²) in [5, 5.41) is 28.0. The minimum atomic E-state index is -1.09. The van der Waals surface area contributed by atoms with Crippen molar-refractivity contribution in [2.75, 3.05) is 31.7 Å². The minimum absolute atomic E-state index is 0.00744. The molecule has 2 N–H and O–H groups in total. The number of methoxy groups -OCH3 is 1. The summed E-state index contributed by atoms with van der Waals surface area (Å²) < 4.78 is 6.83. The van der Waals surface area contributed by atoms with E-state index in [1.165, 1.54) is 6.07 Å². The molecule has 10 heteroatoms. The number of nitrogens with one attached hydrogen (secondary N) is 1. The van der Waals surface area contributed by atoms with Crippen LogP contribution in [0.4, 0.5) is 16.2 Å². The molecule has 2 aromatic rings. The van der Waals surface area contributed by atoms with Crippen LogP contribution in [0.3, 0.4) is 0 Å². The SMILES string of the molecule is COCCn1ncc2c(N3C[C@@H](C)[C@@H](NC(=O)O)C3)c([N+](=O)[O-])ccc21. The van der Waals surface area contributed by atoms with E-state index < -0.39 is 11.0 Å². The van der Waals surface area contributed by atoms with Crippen molar-refractivity contribution in [3.8, 4) is 0 Å². The molecule has 2 atom stereocenters. The van der Waals surface area contributed by atoms with Crippen molar-refractivity contribution in [2.24, 2.45) is 5.92 Å². The average molecular weight is 363 g/mol. The lowest BCUT2D eigenvalue weighted by molar-refractivity contribution is -0.384. The Morgan fingerprint density at radius 2 is 2.27 bits per heavy atom. The van der Waals surface area contributed by atoms with Crippen molar-refractivity contribution in [3.05, 3.63) is 28.4 Å². The Balaban J connectivity index is 2.02. The first-order valence-corrected chi connectivity index (χ1v) is 8.28. The van der Waals surface area contributed by atoms with E-state index in [4.69, 9.17) is 9.84 Å². The summed E-state index contributed by atoms with van der Waals surface area (Å²) in [4.78, 5) is 24.0. The molecule has 140 valence electrons. The van der Waals surface area contributed by atoms with E-state index in [0.29, 0.717) is 37.3 Å². The molecule has 0 bridgehead atoms. The molecule has 0 spiro atoms. The molecule has 0 unspecified atom stereocenters. The van der Waals surface area contributed by atoms with Crippen LogP contribution in [0.2, 0.25) is 0 Å². The second-order valence-corrected chi connectivity index (χ2v) is 6.42. The highest BCUT2D eigenvalue weighted by Gasteiger charge is 2.35. The number of ether oxygens (including phenoxy) is 1. The van der Waals surface area contributed by atoms with Gasteiger partial charge in [0, 0.05) is 26.3 Å². The Hall–Kier alpha value is -2.88. The second kappa shape index (κ2) is 7.16. The normalized spacial score (nSPS) is 19.8. The van der Waals surface area contributed by atoms with Gasteiger partial charge in [-0.2, -0.15) is 5.10 Å². The number of anilines is 1. The van der Waals surface area contributed by atoms with Crippen molar-refractivity contribution >= 4 is 28.4 Å². The number of fused-ring (bicyclic) bond motifs is 1. The number of nitro groups is 1. The maximum absolute atomic E-state index is 11.6. The summed E-state index contributed by atoms with van der Waals surface area (Å²) >= 11 is 0. The lowest BCUT2D eigenvalue weighted by Gasteiger charge is -2.19. The summed E-state index contributed by atoms with van der Waals surface area (Å²) in [6.45, 7) is 3.84. The minimum Gasteiger partial charge on any atom is -0.465 e. The van der Waals surface area contributed by atoms with E-state index in [1.54, 1.807) is 24.1 Å². The molecule has 1 aliphatic rings. The van der Waals surface area contributed by atoms with E-state index in [-0.39, 0.29) is 17.6 Å². The fraction of sp³-hybridized carbons (Fsp3) is 0.500. The highest BCUT2D eigenvalue weighted by Crippen LogP contribution is 2.38.